The highest BCUT2D eigenvalue weighted by atomic mass is 35.5. The van der Waals surface area contributed by atoms with E-state index in [2.05, 4.69) is 15.0 Å². The number of aromatic nitrogens is 4. The molecule has 0 unspecified atom stereocenters. The van der Waals surface area contributed by atoms with Gasteiger partial charge in [-0.25, -0.2) is 19.0 Å². The zero-order valence-corrected chi connectivity index (χ0v) is 17.9. The molecule has 4 rings (SSSR count). The van der Waals surface area contributed by atoms with Crippen LogP contribution in [0.3, 0.4) is 0 Å². The number of ether oxygens (including phenoxy) is 2. The molecule has 14 heteroatoms. The zero-order chi connectivity index (χ0) is 24.6. The van der Waals surface area contributed by atoms with Crippen molar-refractivity contribution in [3.05, 3.63) is 57.9 Å². The minimum Gasteiger partial charge on any atom is -0.479 e. The fraction of sp³-hybridized carbons (Fsp3) is 0.350. The third-order valence-electron chi connectivity index (χ3n) is 5.45. The molecule has 0 radical (unpaired) electrons. The summed E-state index contributed by atoms with van der Waals surface area (Å²) in [5, 5.41) is 29.4. The van der Waals surface area contributed by atoms with E-state index in [-0.39, 0.29) is 16.4 Å². The molecule has 0 saturated carbocycles. The molecule has 1 aromatic carbocycles. The van der Waals surface area contributed by atoms with Gasteiger partial charge >= 0.3 is 11.9 Å². The minimum absolute atomic E-state index is 0.107. The summed E-state index contributed by atoms with van der Waals surface area (Å²) >= 11 is 5.76. The van der Waals surface area contributed by atoms with Crippen LogP contribution >= 0.6 is 11.6 Å². The highest BCUT2D eigenvalue weighted by molar-refractivity contribution is 6.28. The molecular weight excluding hydrogens is 479 g/mol. The van der Waals surface area contributed by atoms with Crippen LogP contribution in [0, 0.1) is 0 Å². The van der Waals surface area contributed by atoms with E-state index in [0.717, 1.165) is 10.9 Å². The van der Waals surface area contributed by atoms with Crippen LogP contribution in [0.15, 0.2) is 41.5 Å². The van der Waals surface area contributed by atoms with Gasteiger partial charge in [0.25, 0.3) is 11.2 Å². The van der Waals surface area contributed by atoms with E-state index in [9.17, 15) is 34.1 Å². The molecule has 1 aliphatic heterocycles. The standard InChI is InChI=1S/C20H18ClFN4O8/c21-19-24-14-12(15(28)25-19)23-8-26(14)16-11(22)13(27)10(34-16)7-33-20(17(29)30,18(31)32)6-9-4-2-1-3-5-9/h1-5,8,10-11,13,16,27H,6-7H2,(H,29,30)(H,31,32)(H,24,25,28)/t10-,11+,13-,16-/m1/s1. The van der Waals surface area contributed by atoms with Crippen LogP contribution in [0.2, 0.25) is 5.28 Å². The van der Waals surface area contributed by atoms with Crippen LogP contribution in [0.25, 0.3) is 11.2 Å². The lowest BCUT2D eigenvalue weighted by Gasteiger charge is -2.27. The lowest BCUT2D eigenvalue weighted by molar-refractivity contribution is -0.190. The molecule has 0 amide bonds. The van der Waals surface area contributed by atoms with Crippen molar-refractivity contribution < 1.29 is 38.8 Å². The van der Waals surface area contributed by atoms with E-state index in [1.165, 1.54) is 12.1 Å². The van der Waals surface area contributed by atoms with Crippen LogP contribution in [0.4, 0.5) is 4.39 Å². The first-order valence-electron chi connectivity index (χ1n) is 9.88. The number of aliphatic hydroxyl groups is 1. The molecule has 1 fully saturated rings. The van der Waals surface area contributed by atoms with E-state index >= 15 is 0 Å². The van der Waals surface area contributed by atoms with Gasteiger partial charge in [-0.3, -0.25) is 14.3 Å². The molecule has 0 spiro atoms. The summed E-state index contributed by atoms with van der Waals surface area (Å²) in [5.74, 6) is -3.55. The van der Waals surface area contributed by atoms with Gasteiger partial charge in [0, 0.05) is 6.42 Å². The van der Waals surface area contributed by atoms with Crippen LogP contribution < -0.4 is 5.56 Å². The first kappa shape index (κ1) is 23.8. The molecule has 180 valence electrons. The maximum absolute atomic E-state index is 14.9. The Kier molecular flexibility index (Phi) is 6.36. The third-order valence-corrected chi connectivity index (χ3v) is 5.63. The van der Waals surface area contributed by atoms with Crippen molar-refractivity contribution in [2.24, 2.45) is 0 Å². The summed E-state index contributed by atoms with van der Waals surface area (Å²) in [6.45, 7) is -0.759. The maximum atomic E-state index is 14.9. The summed E-state index contributed by atoms with van der Waals surface area (Å²) in [5.41, 5.74) is -3.26. The number of H-pyrrole nitrogens is 1. The number of carboxylic acid groups (broad SMARTS) is 2. The minimum atomic E-state index is -2.71. The third kappa shape index (κ3) is 4.14. The van der Waals surface area contributed by atoms with E-state index in [4.69, 9.17) is 21.1 Å². The van der Waals surface area contributed by atoms with Gasteiger partial charge in [0.1, 0.15) is 12.2 Å². The van der Waals surface area contributed by atoms with Crippen LogP contribution in [0.1, 0.15) is 11.8 Å². The summed E-state index contributed by atoms with van der Waals surface area (Å²) in [6.07, 6.45) is -6.28. The quantitative estimate of drug-likeness (QED) is 0.254. The number of hydrogen-bond donors (Lipinski definition) is 4. The number of rotatable bonds is 8. The number of benzene rings is 1. The Bertz CT molecular complexity index is 1270. The van der Waals surface area contributed by atoms with Crippen molar-refractivity contribution in [3.8, 4) is 0 Å². The SMILES string of the molecule is O=C(O)C(Cc1ccccc1)(OC[C@H]1O[C@@H](n2cnc3c(=O)[nH]c(Cl)nc32)[C@@H](F)[C@@H]1O)C(=O)O. The number of nitrogens with one attached hydrogen (secondary N) is 1. The number of nitrogens with zero attached hydrogens (tertiary/aromatic N) is 3. The Labute approximate surface area is 194 Å². The van der Waals surface area contributed by atoms with Crippen LogP contribution in [-0.2, 0) is 25.5 Å². The average molecular weight is 497 g/mol. The molecule has 3 aromatic rings. The van der Waals surface area contributed by atoms with Crippen molar-refractivity contribution in [3.63, 3.8) is 0 Å². The van der Waals surface area contributed by atoms with Crippen LogP contribution in [-0.4, -0.2) is 77.4 Å². The molecule has 4 atom stereocenters. The van der Waals surface area contributed by atoms with Gasteiger partial charge in [-0.05, 0) is 17.2 Å². The Balaban J connectivity index is 1.58. The topological polar surface area (TPSA) is 177 Å². The number of aliphatic carboxylic acids is 2. The van der Waals surface area contributed by atoms with E-state index < -0.39 is 60.7 Å². The Morgan fingerprint density at radius 3 is 2.59 bits per heavy atom. The number of fused-ring (bicyclic) bond motifs is 1. The fourth-order valence-corrected chi connectivity index (χ4v) is 3.84. The molecular formula is C20H18ClFN4O8. The molecule has 3 heterocycles. The predicted molar refractivity (Wildman–Crippen MR) is 112 cm³/mol. The number of alkyl halides is 1. The summed E-state index contributed by atoms with van der Waals surface area (Å²) in [4.78, 5) is 45.8. The number of carboxylic acids is 2. The van der Waals surface area contributed by atoms with Crippen LogP contribution in [0.5, 0.6) is 0 Å². The lowest BCUT2D eigenvalue weighted by Crippen LogP contribution is -2.52. The second kappa shape index (κ2) is 9.10. The normalized spacial score (nSPS) is 22.8. The first-order valence-corrected chi connectivity index (χ1v) is 10.3. The van der Waals surface area contributed by atoms with Gasteiger partial charge in [0.15, 0.2) is 23.6 Å². The number of aromatic amines is 1. The number of imidazole rings is 1. The predicted octanol–water partition coefficient (Wildman–Crippen LogP) is 0.537. The van der Waals surface area contributed by atoms with Gasteiger partial charge in [-0.1, -0.05) is 30.3 Å². The fourth-order valence-electron chi connectivity index (χ4n) is 3.68. The van der Waals surface area contributed by atoms with E-state index in [1.54, 1.807) is 18.2 Å². The van der Waals surface area contributed by atoms with E-state index in [1.807, 2.05) is 0 Å². The number of carbonyl (C=O) groups is 2. The molecule has 34 heavy (non-hydrogen) atoms. The highest BCUT2D eigenvalue weighted by Gasteiger charge is 2.52. The lowest BCUT2D eigenvalue weighted by atomic mass is 9.94. The molecule has 0 aliphatic carbocycles. The van der Waals surface area contributed by atoms with Gasteiger partial charge in [0.2, 0.25) is 5.28 Å². The smallest absolute Gasteiger partial charge is 0.348 e. The van der Waals surface area contributed by atoms with Gasteiger partial charge in [-0.2, -0.15) is 4.98 Å². The number of halogens is 2. The molecule has 12 nitrogen and oxygen atoms in total. The Hall–Kier alpha value is -3.39. The summed E-state index contributed by atoms with van der Waals surface area (Å²) in [7, 11) is 0. The molecule has 0 bridgehead atoms. The number of aliphatic hydroxyl groups excluding tert-OH is 1. The highest BCUT2D eigenvalue weighted by Crippen LogP contribution is 2.34. The summed E-state index contributed by atoms with van der Waals surface area (Å²) < 4.78 is 26.8. The monoisotopic (exact) mass is 496 g/mol. The second-order valence-electron chi connectivity index (χ2n) is 7.59. The Morgan fingerprint density at radius 1 is 1.26 bits per heavy atom. The average Bonchev–Trinajstić information content (AvgIpc) is 3.33. The summed E-state index contributed by atoms with van der Waals surface area (Å²) in [6, 6.07) is 7.94. The van der Waals surface area contributed by atoms with E-state index in [0.29, 0.717) is 5.56 Å². The van der Waals surface area contributed by atoms with Gasteiger partial charge in [-0.15, -0.1) is 0 Å². The first-order chi connectivity index (χ1) is 16.1. The van der Waals surface area contributed by atoms with Crippen molar-refractivity contribution >= 4 is 34.7 Å². The van der Waals surface area contributed by atoms with Crippen molar-refractivity contribution in [2.45, 2.75) is 36.6 Å². The molecule has 4 N–H and O–H groups in total. The molecule has 1 aliphatic rings. The number of hydrogen-bond acceptors (Lipinski definition) is 8. The van der Waals surface area contributed by atoms with Crippen molar-refractivity contribution in [1.29, 1.82) is 0 Å². The second-order valence-corrected chi connectivity index (χ2v) is 7.95. The van der Waals surface area contributed by atoms with Gasteiger partial charge in [0.05, 0.1) is 12.9 Å². The maximum Gasteiger partial charge on any atom is 0.348 e. The van der Waals surface area contributed by atoms with Gasteiger partial charge < -0.3 is 24.8 Å². The zero-order valence-electron chi connectivity index (χ0n) is 17.2. The molecule has 1 saturated heterocycles. The largest absolute Gasteiger partial charge is 0.479 e. The van der Waals surface area contributed by atoms with Crippen molar-refractivity contribution in [1.82, 2.24) is 19.5 Å². The molecule has 2 aromatic heterocycles. The van der Waals surface area contributed by atoms with Crippen molar-refractivity contribution in [2.75, 3.05) is 6.61 Å². The Morgan fingerprint density at radius 2 is 1.94 bits per heavy atom.